The fraction of sp³-hybridized carbons (Fsp3) is 0.433. The number of aromatic nitrogens is 2. The molecule has 2 aliphatic heterocycles. The number of halogens is 2. The maximum absolute atomic E-state index is 14.2. The molecule has 2 aliphatic rings. The molecule has 0 aliphatic carbocycles. The predicted octanol–water partition coefficient (Wildman–Crippen LogP) is 5.67. The second kappa shape index (κ2) is 10.8. The molecule has 2 aromatic carbocycles. The maximum Gasteiger partial charge on any atom is 0.257 e. The van der Waals surface area contributed by atoms with E-state index in [1.54, 1.807) is 0 Å². The van der Waals surface area contributed by atoms with E-state index in [2.05, 4.69) is 26.7 Å². The highest BCUT2D eigenvalue weighted by molar-refractivity contribution is 5.96. The summed E-state index contributed by atoms with van der Waals surface area (Å²) in [6.07, 6.45) is 5.05. The number of benzene rings is 2. The molecule has 1 aromatic heterocycles. The smallest absolute Gasteiger partial charge is 0.257 e. The van der Waals surface area contributed by atoms with Gasteiger partial charge in [-0.15, -0.1) is 0 Å². The summed E-state index contributed by atoms with van der Waals surface area (Å²) < 4.78 is 28.3. The number of carbonyl (C=O) groups excluding carboxylic acids is 1. The monoisotopic (exact) mass is 519 g/mol. The van der Waals surface area contributed by atoms with Gasteiger partial charge in [-0.3, -0.25) is 9.69 Å². The van der Waals surface area contributed by atoms with Crippen molar-refractivity contribution in [2.45, 2.75) is 58.0 Å². The number of hydrogen-bond acceptors (Lipinski definition) is 5. The van der Waals surface area contributed by atoms with Crippen LogP contribution in [0.2, 0.25) is 0 Å². The number of rotatable bonds is 5. The Bertz CT molecular complexity index is 1240. The van der Waals surface area contributed by atoms with Gasteiger partial charge < -0.3 is 9.80 Å². The summed E-state index contributed by atoms with van der Waals surface area (Å²) in [5.41, 5.74) is 3.54. The molecule has 38 heavy (non-hydrogen) atoms. The van der Waals surface area contributed by atoms with Crippen molar-refractivity contribution in [3.05, 3.63) is 83.4 Å². The maximum atomic E-state index is 14.2. The van der Waals surface area contributed by atoms with E-state index in [0.29, 0.717) is 24.3 Å². The van der Waals surface area contributed by atoms with Crippen LogP contribution in [-0.2, 0) is 0 Å². The third-order valence-corrected chi connectivity index (χ3v) is 8.32. The Morgan fingerprint density at radius 2 is 1.47 bits per heavy atom. The molecule has 200 valence electrons. The highest BCUT2D eigenvalue weighted by atomic mass is 19.1. The van der Waals surface area contributed by atoms with Crippen molar-refractivity contribution < 1.29 is 13.6 Å². The lowest BCUT2D eigenvalue weighted by molar-refractivity contribution is 0.0176. The third-order valence-electron chi connectivity index (χ3n) is 8.32. The van der Waals surface area contributed by atoms with Gasteiger partial charge >= 0.3 is 0 Å². The highest BCUT2D eigenvalue weighted by Crippen LogP contribution is 2.37. The lowest BCUT2D eigenvalue weighted by atomic mass is 9.85. The van der Waals surface area contributed by atoms with Crippen molar-refractivity contribution in [1.29, 1.82) is 0 Å². The molecule has 0 bridgehead atoms. The molecule has 8 heteroatoms. The van der Waals surface area contributed by atoms with E-state index in [0.717, 1.165) is 61.9 Å². The van der Waals surface area contributed by atoms with Crippen LogP contribution in [0.25, 0.3) is 0 Å². The Morgan fingerprint density at radius 1 is 0.895 bits per heavy atom. The molecule has 5 rings (SSSR count). The average molecular weight is 520 g/mol. The van der Waals surface area contributed by atoms with Crippen LogP contribution in [0.4, 0.5) is 20.2 Å². The first-order valence-electron chi connectivity index (χ1n) is 13.4. The largest absolute Gasteiger partial charge is 0.338 e. The molecule has 0 spiro atoms. The minimum Gasteiger partial charge on any atom is -0.338 e. The number of piperidine rings is 2. The van der Waals surface area contributed by atoms with Crippen molar-refractivity contribution in [2.24, 2.45) is 0 Å². The van der Waals surface area contributed by atoms with Gasteiger partial charge in [-0.05, 0) is 70.7 Å². The first-order valence-corrected chi connectivity index (χ1v) is 13.4. The number of hydrogen-bond donors (Lipinski definition) is 0. The molecule has 6 nitrogen and oxygen atoms in total. The fourth-order valence-electron chi connectivity index (χ4n) is 6.07. The van der Waals surface area contributed by atoms with E-state index in [1.807, 2.05) is 49.1 Å². The number of anilines is 2. The fourth-order valence-corrected chi connectivity index (χ4v) is 6.07. The van der Waals surface area contributed by atoms with Crippen LogP contribution in [0.3, 0.4) is 0 Å². The molecular weight excluding hydrogens is 484 g/mol. The van der Waals surface area contributed by atoms with Crippen LogP contribution in [0, 0.1) is 25.5 Å². The molecule has 0 atom stereocenters. The number of nitrogens with zero attached hydrogens (tertiary/aromatic N) is 5. The van der Waals surface area contributed by atoms with Crippen molar-refractivity contribution in [3.8, 4) is 0 Å². The summed E-state index contributed by atoms with van der Waals surface area (Å²) in [5, 5.41) is 0. The minimum atomic E-state index is -0.570. The van der Waals surface area contributed by atoms with Crippen molar-refractivity contribution in [3.63, 3.8) is 0 Å². The van der Waals surface area contributed by atoms with Crippen LogP contribution in [-0.4, -0.2) is 63.4 Å². The Balaban J connectivity index is 1.26. The molecule has 2 saturated heterocycles. The van der Waals surface area contributed by atoms with Gasteiger partial charge in [-0.1, -0.05) is 18.2 Å². The quantitative estimate of drug-likeness (QED) is 0.435. The summed E-state index contributed by atoms with van der Waals surface area (Å²) in [5.74, 6) is -1.12. The Labute approximate surface area is 223 Å². The van der Waals surface area contributed by atoms with Crippen LogP contribution >= 0.6 is 0 Å². The number of likely N-dealkylation sites (tertiary alicyclic amines) is 2. The number of aryl methyl sites for hydroxylation is 2. The second-order valence-corrected chi connectivity index (χ2v) is 10.8. The summed E-state index contributed by atoms with van der Waals surface area (Å²) in [6.45, 7) is 9.19. The zero-order valence-corrected chi connectivity index (χ0v) is 22.3. The van der Waals surface area contributed by atoms with Crippen LogP contribution in [0.15, 0.2) is 54.9 Å². The Kier molecular flexibility index (Phi) is 7.43. The lowest BCUT2D eigenvalue weighted by Crippen LogP contribution is -2.58. The van der Waals surface area contributed by atoms with Gasteiger partial charge in [-0.25, -0.2) is 18.7 Å². The standard InChI is InChI=1S/C30H35F2N5O/c1-21-28(22(2)34-20-33-21)29(38)35-15-11-30(3,12-16-35)36-13-9-26(10-14-36)37(25-7-5-4-6-8-25)27-18-23(31)17-24(32)19-27/h4-8,17-20,26H,9-16H2,1-3H3. The van der Waals surface area contributed by atoms with Crippen LogP contribution < -0.4 is 4.90 Å². The molecule has 2 fully saturated rings. The average Bonchev–Trinajstić information content (AvgIpc) is 2.89. The SMILES string of the molecule is Cc1ncnc(C)c1C(=O)N1CCC(C)(N2CCC(N(c3ccccc3)c3cc(F)cc(F)c3)CC2)CC1. The normalized spacial score (nSPS) is 18.4. The first kappa shape index (κ1) is 26.2. The van der Waals surface area contributed by atoms with E-state index in [4.69, 9.17) is 0 Å². The van der Waals surface area contributed by atoms with Gasteiger partial charge in [0.05, 0.1) is 17.0 Å². The lowest BCUT2D eigenvalue weighted by Gasteiger charge is -2.50. The Hall–Kier alpha value is -3.39. The minimum absolute atomic E-state index is 0.00155. The predicted molar refractivity (Wildman–Crippen MR) is 145 cm³/mol. The van der Waals surface area contributed by atoms with E-state index >= 15 is 0 Å². The summed E-state index contributed by atoms with van der Waals surface area (Å²) in [7, 11) is 0. The zero-order chi connectivity index (χ0) is 26.9. The van der Waals surface area contributed by atoms with Gasteiger partial charge in [0.1, 0.15) is 18.0 Å². The van der Waals surface area contributed by atoms with E-state index in [9.17, 15) is 13.6 Å². The third kappa shape index (κ3) is 5.27. The summed E-state index contributed by atoms with van der Waals surface area (Å²) >= 11 is 0. The molecule has 0 N–H and O–H groups in total. The van der Waals surface area contributed by atoms with Gasteiger partial charge in [0.2, 0.25) is 0 Å². The number of carbonyl (C=O) groups is 1. The topological polar surface area (TPSA) is 52.6 Å². The molecule has 0 unspecified atom stereocenters. The van der Waals surface area contributed by atoms with Gasteiger partial charge in [0.15, 0.2) is 0 Å². The number of para-hydroxylation sites is 1. The van der Waals surface area contributed by atoms with Gasteiger partial charge in [0, 0.05) is 55.2 Å². The molecular formula is C30H35F2N5O. The molecule has 0 radical (unpaired) electrons. The molecule has 0 saturated carbocycles. The first-order chi connectivity index (χ1) is 18.2. The molecule has 1 amide bonds. The molecule has 3 heterocycles. The number of amides is 1. The van der Waals surface area contributed by atoms with Crippen molar-refractivity contribution in [1.82, 2.24) is 19.8 Å². The van der Waals surface area contributed by atoms with E-state index < -0.39 is 11.6 Å². The van der Waals surface area contributed by atoms with Gasteiger partial charge in [-0.2, -0.15) is 0 Å². The van der Waals surface area contributed by atoms with E-state index in [1.165, 1.54) is 18.5 Å². The second-order valence-electron chi connectivity index (χ2n) is 10.8. The summed E-state index contributed by atoms with van der Waals surface area (Å²) in [6, 6.07) is 13.7. The Morgan fingerprint density at radius 3 is 2.05 bits per heavy atom. The van der Waals surface area contributed by atoms with E-state index in [-0.39, 0.29) is 17.5 Å². The summed E-state index contributed by atoms with van der Waals surface area (Å²) in [4.78, 5) is 28.2. The van der Waals surface area contributed by atoms with Crippen LogP contribution in [0.5, 0.6) is 0 Å². The van der Waals surface area contributed by atoms with Crippen molar-refractivity contribution in [2.75, 3.05) is 31.1 Å². The van der Waals surface area contributed by atoms with Gasteiger partial charge in [0.25, 0.3) is 5.91 Å². The van der Waals surface area contributed by atoms with Crippen molar-refractivity contribution >= 4 is 17.3 Å². The molecule has 3 aromatic rings. The highest BCUT2D eigenvalue weighted by Gasteiger charge is 2.40. The van der Waals surface area contributed by atoms with Crippen LogP contribution in [0.1, 0.15) is 54.4 Å². The zero-order valence-electron chi connectivity index (χ0n) is 22.3.